The molecule has 160 valence electrons. The number of nitrogens with one attached hydrogen (secondary N) is 2. The van der Waals surface area contributed by atoms with Crippen molar-refractivity contribution in [2.24, 2.45) is 0 Å². The number of alkyl halides is 1. The smallest absolute Gasteiger partial charge is 0.245 e. The number of aromatic nitrogens is 4. The van der Waals surface area contributed by atoms with E-state index in [4.69, 9.17) is 4.74 Å². The predicted molar refractivity (Wildman–Crippen MR) is 116 cm³/mol. The summed E-state index contributed by atoms with van der Waals surface area (Å²) in [6, 6.07) is 1.89. The lowest BCUT2D eigenvalue weighted by Gasteiger charge is -2.21. The Bertz CT molecular complexity index is 1050. The van der Waals surface area contributed by atoms with E-state index in [2.05, 4.69) is 31.2 Å². The van der Waals surface area contributed by atoms with Gasteiger partial charge in [0, 0.05) is 19.8 Å². The number of aryl methyl sites for hydroxylation is 2. The number of carbonyl (C=O) groups excluding carboxylic acids is 1. The van der Waals surface area contributed by atoms with E-state index in [-0.39, 0.29) is 18.9 Å². The lowest BCUT2D eigenvalue weighted by Crippen LogP contribution is -2.32. The first-order chi connectivity index (χ1) is 14.3. The average Bonchev–Trinajstić information content (AvgIpc) is 3.30. The maximum Gasteiger partial charge on any atom is 0.245 e. The van der Waals surface area contributed by atoms with Gasteiger partial charge in [-0.05, 0) is 56.4 Å². The number of rotatable bonds is 9. The van der Waals surface area contributed by atoms with Gasteiger partial charge in [-0.1, -0.05) is 6.58 Å². The normalized spacial score (nSPS) is 13.1. The van der Waals surface area contributed by atoms with Crippen LogP contribution in [0.25, 0.3) is 11.0 Å². The predicted octanol–water partition coefficient (Wildman–Crippen LogP) is 3.91. The quantitative estimate of drug-likeness (QED) is 0.498. The van der Waals surface area contributed by atoms with E-state index in [0.29, 0.717) is 22.9 Å². The summed E-state index contributed by atoms with van der Waals surface area (Å²) in [6.45, 7) is 9.15. The minimum Gasteiger partial charge on any atom is -0.471 e. The lowest BCUT2D eigenvalue weighted by atomic mass is 10.1. The highest BCUT2D eigenvalue weighted by molar-refractivity contribution is 7.10. The van der Waals surface area contributed by atoms with Gasteiger partial charge in [-0.25, -0.2) is 4.39 Å². The third kappa shape index (κ3) is 4.93. The second-order valence-electron chi connectivity index (χ2n) is 7.10. The van der Waals surface area contributed by atoms with Crippen molar-refractivity contribution in [1.82, 2.24) is 24.2 Å². The molecule has 3 rings (SSSR count). The summed E-state index contributed by atoms with van der Waals surface area (Å²) in [7, 11) is 1.61. The van der Waals surface area contributed by atoms with Crippen LogP contribution in [0.5, 0.6) is 5.88 Å². The SMILES string of the molecule is C=CC(=O)N(C)CC[C@@H](F)[C@H](C)Oc1nc(Nc2cc(C)ns2)nc2[nH]cc(C)c12. The Morgan fingerprint density at radius 1 is 1.47 bits per heavy atom. The van der Waals surface area contributed by atoms with Gasteiger partial charge in [0.2, 0.25) is 17.7 Å². The molecule has 2 atom stereocenters. The Hall–Kier alpha value is -3.01. The van der Waals surface area contributed by atoms with Crippen molar-refractivity contribution in [2.75, 3.05) is 18.9 Å². The van der Waals surface area contributed by atoms with Crippen LogP contribution in [-0.4, -0.2) is 56.0 Å². The maximum atomic E-state index is 14.7. The van der Waals surface area contributed by atoms with E-state index in [9.17, 15) is 9.18 Å². The molecule has 0 aliphatic heterocycles. The number of halogens is 1. The highest BCUT2D eigenvalue weighted by atomic mass is 32.1. The third-order valence-corrected chi connectivity index (χ3v) is 5.45. The Balaban J connectivity index is 1.77. The number of amides is 1. The first-order valence-electron chi connectivity index (χ1n) is 9.52. The molecule has 0 aliphatic carbocycles. The number of ether oxygens (including phenoxy) is 1. The van der Waals surface area contributed by atoms with E-state index < -0.39 is 12.3 Å². The molecule has 0 aliphatic rings. The van der Waals surface area contributed by atoms with Crippen LogP contribution < -0.4 is 10.1 Å². The van der Waals surface area contributed by atoms with Gasteiger partial charge < -0.3 is 19.9 Å². The average molecular weight is 433 g/mol. The van der Waals surface area contributed by atoms with Crippen LogP contribution in [0.1, 0.15) is 24.6 Å². The van der Waals surface area contributed by atoms with Gasteiger partial charge in [0.25, 0.3) is 0 Å². The van der Waals surface area contributed by atoms with Crippen molar-refractivity contribution in [3.8, 4) is 5.88 Å². The lowest BCUT2D eigenvalue weighted by molar-refractivity contribution is -0.125. The van der Waals surface area contributed by atoms with Crippen molar-refractivity contribution < 1.29 is 13.9 Å². The number of nitrogens with zero attached hydrogens (tertiary/aromatic N) is 4. The van der Waals surface area contributed by atoms with Crippen LogP contribution >= 0.6 is 11.5 Å². The zero-order chi connectivity index (χ0) is 21.8. The molecule has 0 saturated carbocycles. The van der Waals surface area contributed by atoms with Crippen LogP contribution in [0.4, 0.5) is 15.3 Å². The van der Waals surface area contributed by atoms with Crippen LogP contribution in [0, 0.1) is 13.8 Å². The van der Waals surface area contributed by atoms with Crippen LogP contribution in [0.3, 0.4) is 0 Å². The fourth-order valence-electron chi connectivity index (χ4n) is 2.89. The van der Waals surface area contributed by atoms with E-state index in [1.165, 1.54) is 22.5 Å². The second-order valence-corrected chi connectivity index (χ2v) is 7.90. The summed E-state index contributed by atoms with van der Waals surface area (Å²) in [4.78, 5) is 25.0. The zero-order valence-corrected chi connectivity index (χ0v) is 18.2. The van der Waals surface area contributed by atoms with E-state index in [0.717, 1.165) is 16.3 Å². The van der Waals surface area contributed by atoms with Gasteiger partial charge in [-0.2, -0.15) is 14.3 Å². The van der Waals surface area contributed by atoms with Gasteiger partial charge in [0.05, 0.1) is 11.1 Å². The molecule has 3 heterocycles. The van der Waals surface area contributed by atoms with Crippen molar-refractivity contribution in [1.29, 1.82) is 0 Å². The molecule has 3 aromatic heterocycles. The van der Waals surface area contributed by atoms with Crippen LogP contribution in [0.2, 0.25) is 0 Å². The summed E-state index contributed by atoms with van der Waals surface area (Å²) in [5, 5.41) is 4.62. The molecule has 0 aromatic carbocycles. The van der Waals surface area contributed by atoms with E-state index in [1.54, 1.807) is 20.2 Å². The number of likely N-dealkylation sites (N-methyl/N-ethyl adjacent to an activating group) is 1. The van der Waals surface area contributed by atoms with Crippen molar-refractivity contribution in [3.05, 3.63) is 36.2 Å². The molecule has 30 heavy (non-hydrogen) atoms. The van der Waals surface area contributed by atoms with Gasteiger partial charge in [-0.15, -0.1) is 0 Å². The van der Waals surface area contributed by atoms with Crippen molar-refractivity contribution in [2.45, 2.75) is 39.5 Å². The van der Waals surface area contributed by atoms with E-state index in [1.807, 2.05) is 19.9 Å². The van der Waals surface area contributed by atoms with Crippen LogP contribution in [0.15, 0.2) is 24.9 Å². The summed E-state index contributed by atoms with van der Waals surface area (Å²) in [5.41, 5.74) is 2.39. The fraction of sp³-hybridized carbons (Fsp3) is 0.400. The number of anilines is 2. The monoisotopic (exact) mass is 432 g/mol. The Kier molecular flexibility index (Phi) is 6.66. The standard InChI is InChI=1S/C20H25FN6O2S/c1-6-16(28)27(5)8-7-14(21)13(4)29-19-17-11(2)10-22-18(17)24-20(25-19)23-15-9-12(3)26-30-15/h6,9-10,13-14H,1,7-8H2,2-5H3,(H2,22,23,24,25)/t13-,14+/m0/s1. The zero-order valence-electron chi connectivity index (χ0n) is 17.4. The number of hydrogen-bond donors (Lipinski definition) is 2. The molecule has 0 saturated heterocycles. The number of fused-ring (bicyclic) bond motifs is 1. The van der Waals surface area contributed by atoms with Gasteiger partial charge >= 0.3 is 0 Å². The molecule has 3 aromatic rings. The minimum absolute atomic E-state index is 0.142. The van der Waals surface area contributed by atoms with E-state index >= 15 is 0 Å². The molecule has 8 nitrogen and oxygen atoms in total. The number of hydrogen-bond acceptors (Lipinski definition) is 7. The topological polar surface area (TPSA) is 96.0 Å². The van der Waals surface area contributed by atoms with Gasteiger partial charge in [-0.3, -0.25) is 4.79 Å². The molecule has 0 spiro atoms. The number of carbonyl (C=O) groups is 1. The Morgan fingerprint density at radius 3 is 2.90 bits per heavy atom. The molecule has 0 bridgehead atoms. The first-order valence-corrected chi connectivity index (χ1v) is 10.3. The summed E-state index contributed by atoms with van der Waals surface area (Å²) in [6.07, 6.45) is 1.11. The molecule has 0 unspecified atom stereocenters. The van der Waals surface area contributed by atoms with Crippen molar-refractivity contribution >= 4 is 39.4 Å². The molecular formula is C20H25FN6O2S. The molecule has 2 N–H and O–H groups in total. The fourth-order valence-corrected chi connectivity index (χ4v) is 3.55. The molecule has 0 radical (unpaired) electrons. The summed E-state index contributed by atoms with van der Waals surface area (Å²) in [5.74, 6) is 0.389. The highest BCUT2D eigenvalue weighted by Crippen LogP contribution is 2.30. The summed E-state index contributed by atoms with van der Waals surface area (Å²) < 4.78 is 24.9. The highest BCUT2D eigenvalue weighted by Gasteiger charge is 2.22. The second kappa shape index (κ2) is 9.21. The molecule has 1 amide bonds. The molecule has 0 fully saturated rings. The first kappa shape index (κ1) is 21.7. The minimum atomic E-state index is -1.28. The van der Waals surface area contributed by atoms with Gasteiger partial charge in [0.1, 0.15) is 22.9 Å². The number of aromatic amines is 1. The Labute approximate surface area is 178 Å². The largest absolute Gasteiger partial charge is 0.471 e. The summed E-state index contributed by atoms with van der Waals surface area (Å²) >= 11 is 1.30. The molecule has 10 heteroatoms. The molecular weight excluding hydrogens is 407 g/mol. The maximum absolute atomic E-state index is 14.7. The Morgan fingerprint density at radius 2 is 2.23 bits per heavy atom. The van der Waals surface area contributed by atoms with Gasteiger partial charge in [0.15, 0.2) is 0 Å². The third-order valence-electron chi connectivity index (χ3n) is 4.66. The number of H-pyrrole nitrogens is 1. The van der Waals surface area contributed by atoms with Crippen molar-refractivity contribution in [3.63, 3.8) is 0 Å². The van der Waals surface area contributed by atoms with Crippen LogP contribution in [-0.2, 0) is 4.79 Å².